The number of rotatable bonds is 7. The summed E-state index contributed by atoms with van der Waals surface area (Å²) in [4.78, 5) is 30.9. The molecule has 2 heterocycles. The number of hydrogen-bond acceptors (Lipinski definition) is 6. The van der Waals surface area contributed by atoms with Crippen LogP contribution in [0.1, 0.15) is 10.4 Å². The van der Waals surface area contributed by atoms with Crippen molar-refractivity contribution in [2.45, 2.75) is 6.04 Å². The van der Waals surface area contributed by atoms with Crippen molar-refractivity contribution in [2.75, 3.05) is 39.4 Å². The van der Waals surface area contributed by atoms with Crippen LogP contribution in [0.4, 0.5) is 4.39 Å². The zero-order valence-electron chi connectivity index (χ0n) is 16.3. The summed E-state index contributed by atoms with van der Waals surface area (Å²) in [6.07, 6.45) is 1.32. The van der Waals surface area contributed by atoms with E-state index in [1.807, 2.05) is 0 Å². The highest BCUT2D eigenvalue weighted by Gasteiger charge is 2.21. The van der Waals surface area contributed by atoms with Crippen LogP contribution in [0.25, 0.3) is 11.3 Å². The summed E-state index contributed by atoms with van der Waals surface area (Å²) in [7, 11) is 0. The van der Waals surface area contributed by atoms with Gasteiger partial charge < -0.3 is 15.4 Å². The lowest BCUT2D eigenvalue weighted by Gasteiger charge is -2.26. The topological polar surface area (TPSA) is 107 Å². The van der Waals surface area contributed by atoms with Crippen molar-refractivity contribution >= 4 is 11.8 Å². The first-order valence-corrected chi connectivity index (χ1v) is 9.57. The van der Waals surface area contributed by atoms with Crippen molar-refractivity contribution in [3.8, 4) is 17.3 Å². The molecule has 1 fully saturated rings. The van der Waals surface area contributed by atoms with Gasteiger partial charge in [-0.25, -0.2) is 4.39 Å². The molecule has 1 aromatic heterocycles. The molecule has 1 aliphatic rings. The Bertz CT molecular complexity index is 923. The molecular weight excluding hydrogens is 389 g/mol. The molecule has 1 atom stereocenters. The second-order valence-corrected chi connectivity index (χ2v) is 6.72. The second kappa shape index (κ2) is 10.4. The van der Waals surface area contributed by atoms with Crippen LogP contribution >= 0.6 is 0 Å². The van der Waals surface area contributed by atoms with Crippen LogP contribution in [0, 0.1) is 17.1 Å². The minimum absolute atomic E-state index is 0.191. The summed E-state index contributed by atoms with van der Waals surface area (Å²) in [5.74, 6) is -1.54. The number of carbonyl (C=O) groups excluding carboxylic acids is 2. The quantitative estimate of drug-likeness (QED) is 0.703. The van der Waals surface area contributed by atoms with Crippen molar-refractivity contribution in [1.29, 1.82) is 5.26 Å². The number of nitriles is 1. The van der Waals surface area contributed by atoms with Gasteiger partial charge in [0.15, 0.2) is 6.04 Å². The average molecular weight is 411 g/mol. The molecule has 1 aromatic carbocycles. The Kier molecular flexibility index (Phi) is 7.43. The van der Waals surface area contributed by atoms with Crippen LogP contribution in [0.5, 0.6) is 0 Å². The van der Waals surface area contributed by atoms with Crippen LogP contribution in [-0.2, 0) is 9.53 Å². The molecular formula is C21H22FN5O3. The number of aromatic nitrogens is 1. The molecule has 0 spiro atoms. The zero-order chi connectivity index (χ0) is 21.3. The van der Waals surface area contributed by atoms with Gasteiger partial charge in [0.1, 0.15) is 5.82 Å². The normalized spacial score (nSPS) is 15.1. The summed E-state index contributed by atoms with van der Waals surface area (Å²) in [6.45, 7) is 3.94. The minimum atomic E-state index is -1.31. The fraction of sp³-hybridized carbons (Fsp3) is 0.333. The molecule has 2 amide bonds. The van der Waals surface area contributed by atoms with E-state index in [4.69, 9.17) is 4.74 Å². The SMILES string of the molecule is N#CC(NC(=O)c1ccc(-c2cccc(F)c2)nc1)C(=O)NCCN1CCOCC1. The van der Waals surface area contributed by atoms with Gasteiger partial charge in [-0.1, -0.05) is 12.1 Å². The number of halogens is 1. The maximum Gasteiger partial charge on any atom is 0.257 e. The van der Waals surface area contributed by atoms with Gasteiger partial charge in [-0.05, 0) is 24.3 Å². The fourth-order valence-electron chi connectivity index (χ4n) is 2.98. The summed E-state index contributed by atoms with van der Waals surface area (Å²) in [5.41, 5.74) is 1.27. The summed E-state index contributed by atoms with van der Waals surface area (Å²) in [6, 6.07) is 9.52. The van der Waals surface area contributed by atoms with E-state index in [0.29, 0.717) is 37.6 Å². The first-order chi connectivity index (χ1) is 14.6. The molecule has 1 unspecified atom stereocenters. The zero-order valence-corrected chi connectivity index (χ0v) is 16.3. The second-order valence-electron chi connectivity index (χ2n) is 6.72. The van der Waals surface area contributed by atoms with E-state index in [1.54, 1.807) is 24.3 Å². The lowest BCUT2D eigenvalue weighted by atomic mass is 10.1. The number of pyridine rings is 1. The predicted molar refractivity (Wildman–Crippen MR) is 107 cm³/mol. The summed E-state index contributed by atoms with van der Waals surface area (Å²) >= 11 is 0. The number of morpholine rings is 1. The van der Waals surface area contributed by atoms with E-state index in [2.05, 4.69) is 20.5 Å². The Hall–Kier alpha value is -3.35. The van der Waals surface area contributed by atoms with Crippen molar-refractivity contribution < 1.29 is 18.7 Å². The van der Waals surface area contributed by atoms with Crippen LogP contribution in [0.2, 0.25) is 0 Å². The Labute approximate surface area is 173 Å². The van der Waals surface area contributed by atoms with Gasteiger partial charge >= 0.3 is 0 Å². The smallest absolute Gasteiger partial charge is 0.257 e. The van der Waals surface area contributed by atoms with Crippen LogP contribution < -0.4 is 10.6 Å². The first kappa shape index (κ1) is 21.4. The summed E-state index contributed by atoms with van der Waals surface area (Å²) < 4.78 is 18.6. The van der Waals surface area contributed by atoms with Gasteiger partial charge in [-0.3, -0.25) is 19.5 Å². The lowest BCUT2D eigenvalue weighted by Crippen LogP contribution is -2.48. The number of hydrogen-bond donors (Lipinski definition) is 2. The van der Waals surface area contributed by atoms with E-state index in [1.165, 1.54) is 24.4 Å². The molecule has 0 saturated carbocycles. The highest BCUT2D eigenvalue weighted by molar-refractivity contribution is 5.98. The number of amides is 2. The van der Waals surface area contributed by atoms with Gasteiger partial charge in [0, 0.05) is 37.9 Å². The van der Waals surface area contributed by atoms with Gasteiger partial charge in [0.05, 0.1) is 30.5 Å². The highest BCUT2D eigenvalue weighted by Crippen LogP contribution is 2.17. The van der Waals surface area contributed by atoms with Crippen LogP contribution in [0.3, 0.4) is 0 Å². The molecule has 3 rings (SSSR count). The number of benzene rings is 1. The predicted octanol–water partition coefficient (Wildman–Crippen LogP) is 0.958. The fourth-order valence-corrected chi connectivity index (χ4v) is 2.98. The van der Waals surface area contributed by atoms with E-state index >= 15 is 0 Å². The Morgan fingerprint density at radius 3 is 2.73 bits per heavy atom. The lowest BCUT2D eigenvalue weighted by molar-refractivity contribution is -0.121. The molecule has 0 radical (unpaired) electrons. The standard InChI is InChI=1S/C21H22FN5O3/c22-17-3-1-2-15(12-17)18-5-4-16(14-25-18)20(28)26-19(13-23)21(29)24-6-7-27-8-10-30-11-9-27/h1-5,12,14,19H,6-11H2,(H,24,29)(H,26,28). The van der Waals surface area contributed by atoms with E-state index in [-0.39, 0.29) is 11.4 Å². The highest BCUT2D eigenvalue weighted by atomic mass is 19.1. The maximum absolute atomic E-state index is 13.3. The van der Waals surface area contributed by atoms with Crippen molar-refractivity contribution in [3.05, 3.63) is 54.0 Å². The molecule has 0 bridgehead atoms. The maximum atomic E-state index is 13.3. The van der Waals surface area contributed by atoms with E-state index in [9.17, 15) is 19.2 Å². The van der Waals surface area contributed by atoms with Crippen LogP contribution in [-0.4, -0.2) is 67.1 Å². The van der Waals surface area contributed by atoms with Crippen LogP contribution in [0.15, 0.2) is 42.6 Å². The molecule has 0 aliphatic carbocycles. The monoisotopic (exact) mass is 411 g/mol. The molecule has 8 nitrogen and oxygen atoms in total. The average Bonchev–Trinajstić information content (AvgIpc) is 2.78. The van der Waals surface area contributed by atoms with Gasteiger partial charge in [0.25, 0.3) is 11.8 Å². The van der Waals surface area contributed by atoms with Gasteiger partial charge in [0.2, 0.25) is 0 Å². The molecule has 2 aromatic rings. The van der Waals surface area contributed by atoms with Crippen molar-refractivity contribution in [2.24, 2.45) is 0 Å². The molecule has 1 aliphatic heterocycles. The molecule has 9 heteroatoms. The number of ether oxygens (including phenoxy) is 1. The Morgan fingerprint density at radius 2 is 2.07 bits per heavy atom. The molecule has 156 valence electrons. The molecule has 2 N–H and O–H groups in total. The van der Waals surface area contributed by atoms with Crippen molar-refractivity contribution in [3.63, 3.8) is 0 Å². The van der Waals surface area contributed by atoms with Gasteiger partial charge in [-0.2, -0.15) is 5.26 Å². The Balaban J connectivity index is 1.52. The third-order valence-corrected chi connectivity index (χ3v) is 4.64. The number of nitrogens with zero attached hydrogens (tertiary/aromatic N) is 3. The number of nitrogens with one attached hydrogen (secondary N) is 2. The molecule has 30 heavy (non-hydrogen) atoms. The minimum Gasteiger partial charge on any atom is -0.379 e. The number of carbonyl (C=O) groups is 2. The Morgan fingerprint density at radius 1 is 1.27 bits per heavy atom. The van der Waals surface area contributed by atoms with E-state index in [0.717, 1.165) is 13.1 Å². The summed E-state index contributed by atoms with van der Waals surface area (Å²) in [5, 5.41) is 14.3. The largest absolute Gasteiger partial charge is 0.379 e. The molecule has 1 saturated heterocycles. The van der Waals surface area contributed by atoms with Gasteiger partial charge in [-0.15, -0.1) is 0 Å². The first-order valence-electron chi connectivity index (χ1n) is 9.57. The van der Waals surface area contributed by atoms with Crippen molar-refractivity contribution in [1.82, 2.24) is 20.5 Å². The third-order valence-electron chi connectivity index (χ3n) is 4.64. The van der Waals surface area contributed by atoms with E-state index < -0.39 is 17.9 Å². The third kappa shape index (κ3) is 5.83.